The van der Waals surface area contributed by atoms with Gasteiger partial charge >= 0.3 is 0 Å². The summed E-state index contributed by atoms with van der Waals surface area (Å²) in [6.07, 6.45) is 0.373. The van der Waals surface area contributed by atoms with E-state index < -0.39 is 0 Å². The Hall–Kier alpha value is -2.01. The number of phenolic OH excluding ortho intramolecular Hbond substituents is 1. The summed E-state index contributed by atoms with van der Waals surface area (Å²) in [4.78, 5) is 12.2. The molecule has 4 nitrogen and oxygen atoms in total. The van der Waals surface area contributed by atoms with Gasteiger partial charge in [-0.25, -0.2) is 0 Å². The SMILES string of the molecule is CCOc1cc([C@@H]2CC(=O)Nc3cc(C)c(C)cc32)cc(Br)c1O. The minimum Gasteiger partial charge on any atom is -0.503 e. The van der Waals surface area contributed by atoms with Gasteiger partial charge in [0.15, 0.2) is 11.5 Å². The van der Waals surface area contributed by atoms with E-state index in [9.17, 15) is 9.90 Å². The van der Waals surface area contributed by atoms with Crippen molar-refractivity contribution in [3.63, 3.8) is 0 Å². The van der Waals surface area contributed by atoms with Crippen LogP contribution in [-0.4, -0.2) is 17.6 Å². The van der Waals surface area contributed by atoms with Crippen LogP contribution in [0.3, 0.4) is 0 Å². The van der Waals surface area contributed by atoms with E-state index in [2.05, 4.69) is 34.2 Å². The van der Waals surface area contributed by atoms with Crippen molar-refractivity contribution in [2.24, 2.45) is 0 Å². The molecule has 2 aromatic rings. The van der Waals surface area contributed by atoms with Crippen LogP contribution in [0.25, 0.3) is 0 Å². The topological polar surface area (TPSA) is 58.6 Å². The highest BCUT2D eigenvalue weighted by Gasteiger charge is 2.28. The van der Waals surface area contributed by atoms with Crippen LogP contribution in [0, 0.1) is 13.8 Å². The van der Waals surface area contributed by atoms with Gasteiger partial charge < -0.3 is 15.2 Å². The third kappa shape index (κ3) is 3.00. The molecule has 0 bridgehead atoms. The monoisotopic (exact) mass is 389 g/mol. The number of benzene rings is 2. The molecule has 5 heteroatoms. The van der Waals surface area contributed by atoms with Gasteiger partial charge in [0.1, 0.15) is 0 Å². The van der Waals surface area contributed by atoms with E-state index >= 15 is 0 Å². The van der Waals surface area contributed by atoms with Gasteiger partial charge in [0.2, 0.25) is 5.91 Å². The number of ether oxygens (including phenoxy) is 1. The number of hydrogen-bond acceptors (Lipinski definition) is 3. The van der Waals surface area contributed by atoms with Crippen LogP contribution < -0.4 is 10.1 Å². The fourth-order valence-corrected chi connectivity index (χ4v) is 3.55. The lowest BCUT2D eigenvalue weighted by Gasteiger charge is -2.27. The fraction of sp³-hybridized carbons (Fsp3) is 0.316. The lowest BCUT2D eigenvalue weighted by molar-refractivity contribution is -0.116. The van der Waals surface area contributed by atoms with Gasteiger partial charge in [-0.3, -0.25) is 4.79 Å². The predicted molar refractivity (Wildman–Crippen MR) is 98.0 cm³/mol. The van der Waals surface area contributed by atoms with Crippen LogP contribution >= 0.6 is 15.9 Å². The molecule has 0 fully saturated rings. The number of fused-ring (bicyclic) bond motifs is 1. The molecule has 0 spiro atoms. The van der Waals surface area contributed by atoms with Gasteiger partial charge in [-0.05, 0) is 77.2 Å². The van der Waals surface area contributed by atoms with Crippen molar-refractivity contribution in [3.8, 4) is 11.5 Å². The Bertz CT molecular complexity index is 817. The number of phenols is 1. The maximum Gasteiger partial charge on any atom is 0.225 e. The molecule has 126 valence electrons. The highest BCUT2D eigenvalue weighted by molar-refractivity contribution is 9.10. The summed E-state index contributed by atoms with van der Waals surface area (Å²) < 4.78 is 6.10. The second-order valence-corrected chi connectivity index (χ2v) is 6.97. The molecule has 0 radical (unpaired) electrons. The van der Waals surface area contributed by atoms with Gasteiger partial charge in [0.25, 0.3) is 0 Å². The number of carbonyl (C=O) groups excluding carboxylic acids is 1. The highest BCUT2D eigenvalue weighted by atomic mass is 79.9. The van der Waals surface area contributed by atoms with Crippen LogP contribution in [0.1, 0.15) is 41.5 Å². The molecule has 0 aliphatic carbocycles. The second-order valence-electron chi connectivity index (χ2n) is 6.11. The van der Waals surface area contributed by atoms with E-state index in [-0.39, 0.29) is 17.6 Å². The molecule has 24 heavy (non-hydrogen) atoms. The summed E-state index contributed by atoms with van der Waals surface area (Å²) in [5.74, 6) is 0.446. The van der Waals surface area contributed by atoms with E-state index in [1.807, 2.05) is 32.0 Å². The summed E-state index contributed by atoms with van der Waals surface area (Å²) in [6, 6.07) is 7.84. The number of rotatable bonds is 3. The van der Waals surface area contributed by atoms with Crippen molar-refractivity contribution in [1.82, 2.24) is 0 Å². The maximum absolute atomic E-state index is 12.2. The van der Waals surface area contributed by atoms with E-state index in [0.717, 1.165) is 22.4 Å². The molecule has 0 saturated heterocycles. The Kier molecular flexibility index (Phi) is 4.54. The first-order chi connectivity index (χ1) is 11.4. The zero-order valence-corrected chi connectivity index (χ0v) is 15.5. The molecule has 1 heterocycles. The number of halogens is 1. The van der Waals surface area contributed by atoms with Gasteiger partial charge in [0, 0.05) is 18.0 Å². The van der Waals surface area contributed by atoms with Crippen LogP contribution in [0.2, 0.25) is 0 Å². The molecular weight excluding hydrogens is 370 g/mol. The van der Waals surface area contributed by atoms with Crippen molar-refractivity contribution in [1.29, 1.82) is 0 Å². The molecule has 0 saturated carbocycles. The molecule has 2 N–H and O–H groups in total. The zero-order chi connectivity index (χ0) is 17.4. The predicted octanol–water partition coefficient (Wildman–Crippen LogP) is 4.64. The number of carbonyl (C=O) groups is 1. The lowest BCUT2D eigenvalue weighted by atomic mass is 9.83. The molecule has 0 unspecified atom stereocenters. The molecule has 2 aromatic carbocycles. The normalized spacial score (nSPS) is 16.5. The first-order valence-electron chi connectivity index (χ1n) is 7.97. The first kappa shape index (κ1) is 16.8. The lowest BCUT2D eigenvalue weighted by Crippen LogP contribution is -2.24. The largest absolute Gasteiger partial charge is 0.503 e. The maximum atomic E-state index is 12.2. The second kappa shape index (κ2) is 6.48. The Morgan fingerprint density at radius 1 is 1.25 bits per heavy atom. The van der Waals surface area contributed by atoms with Crippen molar-refractivity contribution < 1.29 is 14.6 Å². The van der Waals surface area contributed by atoms with Crippen molar-refractivity contribution in [3.05, 3.63) is 51.0 Å². The zero-order valence-electron chi connectivity index (χ0n) is 13.9. The quantitative estimate of drug-likeness (QED) is 0.803. The van der Waals surface area contributed by atoms with Crippen LogP contribution in [0.4, 0.5) is 5.69 Å². The summed E-state index contributed by atoms with van der Waals surface area (Å²) in [5, 5.41) is 13.1. The van der Waals surface area contributed by atoms with Gasteiger partial charge in [-0.15, -0.1) is 0 Å². The van der Waals surface area contributed by atoms with Gasteiger partial charge in [-0.2, -0.15) is 0 Å². The third-order valence-electron chi connectivity index (χ3n) is 4.46. The highest BCUT2D eigenvalue weighted by Crippen LogP contribution is 2.43. The Morgan fingerprint density at radius 2 is 1.96 bits per heavy atom. The van der Waals surface area contributed by atoms with Crippen molar-refractivity contribution in [2.45, 2.75) is 33.1 Å². The Morgan fingerprint density at radius 3 is 2.67 bits per heavy atom. The molecular formula is C19H20BrNO3. The number of aromatic hydroxyl groups is 1. The average Bonchev–Trinajstić information content (AvgIpc) is 2.52. The van der Waals surface area contributed by atoms with E-state index in [0.29, 0.717) is 23.2 Å². The van der Waals surface area contributed by atoms with Gasteiger partial charge in [0.05, 0.1) is 11.1 Å². The van der Waals surface area contributed by atoms with Crippen molar-refractivity contribution in [2.75, 3.05) is 11.9 Å². The molecule has 1 aliphatic rings. The molecule has 1 amide bonds. The Balaban J connectivity index is 2.14. The van der Waals surface area contributed by atoms with Crippen molar-refractivity contribution >= 4 is 27.5 Å². The van der Waals surface area contributed by atoms with Crippen LogP contribution in [0.5, 0.6) is 11.5 Å². The number of amides is 1. The first-order valence-corrected chi connectivity index (χ1v) is 8.76. The standard InChI is InChI=1S/C19H20BrNO3/c1-4-24-17-8-12(7-15(20)19(17)23)13-9-18(22)21-16-6-11(3)10(2)5-14(13)16/h5-8,13,23H,4,9H2,1-3H3,(H,21,22)/t13-/m0/s1. The minimum absolute atomic E-state index is 0.00193. The number of aryl methyl sites for hydroxylation is 2. The summed E-state index contributed by atoms with van der Waals surface area (Å²) in [5.41, 5.74) is 5.25. The summed E-state index contributed by atoms with van der Waals surface area (Å²) in [6.45, 7) is 6.44. The fourth-order valence-electron chi connectivity index (χ4n) is 3.09. The minimum atomic E-state index is -0.0656. The Labute approximate surface area is 150 Å². The number of anilines is 1. The summed E-state index contributed by atoms with van der Waals surface area (Å²) in [7, 11) is 0. The van der Waals surface area contributed by atoms with E-state index in [1.165, 1.54) is 5.56 Å². The number of hydrogen-bond donors (Lipinski definition) is 2. The smallest absolute Gasteiger partial charge is 0.225 e. The molecule has 3 rings (SSSR count). The molecule has 0 aromatic heterocycles. The van der Waals surface area contributed by atoms with E-state index in [1.54, 1.807) is 0 Å². The van der Waals surface area contributed by atoms with E-state index in [4.69, 9.17) is 4.74 Å². The number of nitrogens with one attached hydrogen (secondary N) is 1. The van der Waals surface area contributed by atoms with Crippen LogP contribution in [0.15, 0.2) is 28.7 Å². The third-order valence-corrected chi connectivity index (χ3v) is 5.06. The summed E-state index contributed by atoms with van der Waals surface area (Å²) >= 11 is 3.38. The molecule has 1 atom stereocenters. The van der Waals surface area contributed by atoms with Gasteiger partial charge in [-0.1, -0.05) is 6.07 Å². The van der Waals surface area contributed by atoms with Crippen LogP contribution in [-0.2, 0) is 4.79 Å². The molecule has 1 aliphatic heterocycles. The average molecular weight is 390 g/mol.